The van der Waals surface area contributed by atoms with Crippen molar-refractivity contribution < 1.29 is 5.11 Å². The lowest BCUT2D eigenvalue weighted by molar-refractivity contribution is 0.450. The van der Waals surface area contributed by atoms with Crippen molar-refractivity contribution >= 4 is 19.1 Å². The van der Waals surface area contributed by atoms with Gasteiger partial charge >= 0.3 is 0 Å². The molecule has 0 saturated carbocycles. The molecule has 1 unspecified atom stereocenters. The monoisotopic (exact) mass is 325 g/mol. The van der Waals surface area contributed by atoms with Crippen LogP contribution < -0.4 is 9.75 Å². The van der Waals surface area contributed by atoms with Gasteiger partial charge < -0.3 is 9.67 Å². The van der Waals surface area contributed by atoms with E-state index in [9.17, 15) is 5.11 Å². The Morgan fingerprint density at radius 2 is 1.74 bits per heavy atom. The summed E-state index contributed by atoms with van der Waals surface area (Å²) in [5.41, 5.74) is 5.10. The largest absolute Gasteiger partial charge is 0.508 e. The van der Waals surface area contributed by atoms with E-state index < -0.39 is 8.24 Å². The van der Waals surface area contributed by atoms with Crippen LogP contribution in [0.1, 0.15) is 37.5 Å². The second-order valence-corrected chi connectivity index (χ2v) is 12.2. The standard InChI is InChI=1S/C20H27NOSi/c1-14-9-7-10-15-13-23(6,21(5)18(14)15)17-12-8-11-16(19(17)22)20(2,3)4/h7-12,22H,13H2,1-6H3. The van der Waals surface area contributed by atoms with Gasteiger partial charge in [-0.3, -0.25) is 0 Å². The first-order chi connectivity index (χ1) is 10.7. The zero-order chi connectivity index (χ0) is 17.0. The maximum Gasteiger partial charge on any atom is 0.193 e. The highest BCUT2D eigenvalue weighted by molar-refractivity contribution is 6.95. The third-order valence-corrected chi connectivity index (χ3v) is 9.69. The Kier molecular flexibility index (Phi) is 3.60. The molecule has 1 N–H and O–H groups in total. The van der Waals surface area contributed by atoms with Crippen LogP contribution >= 0.6 is 0 Å². The SMILES string of the molecule is Cc1cccc2c1N(C)[Si](C)(c1cccc(C(C)(C)C)c1O)C2. The van der Waals surface area contributed by atoms with E-state index in [0.29, 0.717) is 5.75 Å². The molecule has 2 aromatic carbocycles. The lowest BCUT2D eigenvalue weighted by atomic mass is 9.86. The summed E-state index contributed by atoms with van der Waals surface area (Å²) in [6, 6.07) is 13.9. The molecule has 3 rings (SSSR count). The number of aryl methyl sites for hydroxylation is 1. The van der Waals surface area contributed by atoms with Gasteiger partial charge in [0.25, 0.3) is 0 Å². The fourth-order valence-corrected chi connectivity index (χ4v) is 7.67. The minimum Gasteiger partial charge on any atom is -0.508 e. The minimum absolute atomic E-state index is 0.0508. The van der Waals surface area contributed by atoms with Crippen molar-refractivity contribution in [1.29, 1.82) is 0 Å². The first-order valence-electron chi connectivity index (χ1n) is 8.31. The molecule has 0 spiro atoms. The highest BCUT2D eigenvalue weighted by atomic mass is 28.3. The molecule has 0 fully saturated rings. The van der Waals surface area contributed by atoms with Gasteiger partial charge in [-0.25, -0.2) is 0 Å². The summed E-state index contributed by atoms with van der Waals surface area (Å²) in [7, 11) is 0.229. The fraction of sp³-hybridized carbons (Fsp3) is 0.400. The van der Waals surface area contributed by atoms with E-state index in [0.717, 1.165) is 16.8 Å². The number of fused-ring (bicyclic) bond motifs is 1. The number of hydrogen-bond acceptors (Lipinski definition) is 2. The van der Waals surface area contributed by atoms with Crippen LogP contribution in [-0.4, -0.2) is 20.4 Å². The number of anilines is 1. The topological polar surface area (TPSA) is 23.5 Å². The zero-order valence-corrected chi connectivity index (χ0v) is 16.1. The number of para-hydroxylation sites is 2. The molecule has 2 aromatic rings. The van der Waals surface area contributed by atoms with Gasteiger partial charge in [0.1, 0.15) is 5.75 Å². The van der Waals surface area contributed by atoms with Crippen LogP contribution in [0.2, 0.25) is 6.55 Å². The van der Waals surface area contributed by atoms with Gasteiger partial charge in [-0.2, -0.15) is 0 Å². The zero-order valence-electron chi connectivity index (χ0n) is 15.1. The van der Waals surface area contributed by atoms with E-state index in [1.807, 2.05) is 0 Å². The second kappa shape index (κ2) is 5.13. The van der Waals surface area contributed by atoms with Crippen LogP contribution in [0.15, 0.2) is 36.4 Å². The van der Waals surface area contributed by atoms with Crippen molar-refractivity contribution in [2.75, 3.05) is 11.6 Å². The Hall–Kier alpha value is -1.74. The molecule has 0 aliphatic carbocycles. The van der Waals surface area contributed by atoms with Crippen LogP contribution in [0.4, 0.5) is 5.69 Å². The van der Waals surface area contributed by atoms with Gasteiger partial charge in [-0.05, 0) is 48.7 Å². The molecular weight excluding hydrogens is 298 g/mol. The van der Waals surface area contributed by atoms with E-state index >= 15 is 0 Å². The minimum atomic E-state index is -1.97. The summed E-state index contributed by atoms with van der Waals surface area (Å²) in [5.74, 6) is 0.506. The van der Waals surface area contributed by atoms with Crippen LogP contribution in [0.3, 0.4) is 0 Å². The quantitative estimate of drug-likeness (QED) is 0.801. The van der Waals surface area contributed by atoms with Crippen LogP contribution in [0.25, 0.3) is 0 Å². The first kappa shape index (κ1) is 16.1. The summed E-state index contributed by atoms with van der Waals surface area (Å²) in [4.78, 5) is 0. The second-order valence-electron chi connectivity index (χ2n) is 8.04. The van der Waals surface area contributed by atoms with Crippen LogP contribution in [-0.2, 0) is 11.5 Å². The molecular formula is C20H27NOSi. The van der Waals surface area contributed by atoms with E-state index in [4.69, 9.17) is 0 Å². The van der Waals surface area contributed by atoms with Gasteiger partial charge in [-0.1, -0.05) is 57.2 Å². The van der Waals surface area contributed by atoms with Crippen molar-refractivity contribution in [3.05, 3.63) is 53.1 Å². The molecule has 0 saturated heterocycles. The van der Waals surface area contributed by atoms with Gasteiger partial charge in [0, 0.05) is 10.9 Å². The van der Waals surface area contributed by atoms with Crippen molar-refractivity contribution in [3.63, 3.8) is 0 Å². The van der Waals surface area contributed by atoms with E-state index in [2.05, 4.69) is 82.3 Å². The highest BCUT2D eigenvalue weighted by Gasteiger charge is 2.44. The molecule has 1 aliphatic rings. The van der Waals surface area contributed by atoms with Crippen LogP contribution in [0, 0.1) is 6.92 Å². The number of phenolic OH excluding ortho intramolecular Hbond substituents is 1. The number of benzene rings is 2. The summed E-state index contributed by atoms with van der Waals surface area (Å²) in [5, 5.41) is 12.2. The Balaban J connectivity index is 2.16. The van der Waals surface area contributed by atoms with Crippen molar-refractivity contribution in [2.45, 2.75) is 45.7 Å². The summed E-state index contributed by atoms with van der Waals surface area (Å²) in [6.45, 7) is 11.0. The predicted octanol–water partition coefficient (Wildman–Crippen LogP) is 4.01. The van der Waals surface area contributed by atoms with Crippen molar-refractivity contribution in [1.82, 2.24) is 0 Å². The van der Waals surface area contributed by atoms with Gasteiger partial charge in [0.15, 0.2) is 8.24 Å². The Morgan fingerprint density at radius 3 is 2.35 bits per heavy atom. The molecule has 1 heterocycles. The van der Waals surface area contributed by atoms with Gasteiger partial charge in [0.2, 0.25) is 0 Å². The molecule has 0 amide bonds. The van der Waals surface area contributed by atoms with Crippen molar-refractivity contribution in [2.24, 2.45) is 0 Å². The molecule has 2 nitrogen and oxygen atoms in total. The highest BCUT2D eigenvalue weighted by Crippen LogP contribution is 2.39. The molecule has 23 heavy (non-hydrogen) atoms. The molecule has 122 valence electrons. The predicted molar refractivity (Wildman–Crippen MR) is 101 cm³/mol. The number of nitrogens with zero attached hydrogens (tertiary/aromatic N) is 1. The van der Waals surface area contributed by atoms with Crippen molar-refractivity contribution in [3.8, 4) is 5.75 Å². The van der Waals surface area contributed by atoms with Gasteiger partial charge in [-0.15, -0.1) is 0 Å². The molecule has 1 aliphatic heterocycles. The molecule has 0 bridgehead atoms. The number of aromatic hydroxyl groups is 1. The third-order valence-electron chi connectivity index (χ3n) is 5.36. The smallest absolute Gasteiger partial charge is 0.193 e. The van der Waals surface area contributed by atoms with E-state index in [1.165, 1.54) is 16.8 Å². The molecule has 1 atom stereocenters. The lowest BCUT2D eigenvalue weighted by Crippen LogP contribution is -2.58. The number of rotatable bonds is 1. The average molecular weight is 326 g/mol. The summed E-state index contributed by atoms with van der Waals surface area (Å²) >= 11 is 0. The molecule has 0 aromatic heterocycles. The molecule has 3 heteroatoms. The van der Waals surface area contributed by atoms with Gasteiger partial charge in [0.05, 0.1) is 0 Å². The molecule has 0 radical (unpaired) electrons. The first-order valence-corrected chi connectivity index (χ1v) is 11.0. The van der Waals surface area contributed by atoms with E-state index in [-0.39, 0.29) is 5.41 Å². The Labute approximate surface area is 140 Å². The van der Waals surface area contributed by atoms with Crippen LogP contribution in [0.5, 0.6) is 5.75 Å². The number of hydrogen-bond donors (Lipinski definition) is 1. The van der Waals surface area contributed by atoms with E-state index in [1.54, 1.807) is 0 Å². The summed E-state index contributed by atoms with van der Waals surface area (Å²) < 4.78 is 2.47. The Morgan fingerprint density at radius 1 is 1.09 bits per heavy atom. The summed E-state index contributed by atoms with van der Waals surface area (Å²) in [6.07, 6.45) is 0. The lowest BCUT2D eigenvalue weighted by Gasteiger charge is -2.35. The Bertz CT molecular complexity index is 763. The average Bonchev–Trinajstić information content (AvgIpc) is 2.71. The maximum absolute atomic E-state index is 11.0. The maximum atomic E-state index is 11.0. The number of phenols is 1. The third kappa shape index (κ3) is 2.38. The fourth-order valence-electron chi connectivity index (χ4n) is 3.94. The normalized spacial score (nSPS) is 20.7.